The topological polar surface area (TPSA) is 59.7 Å². The van der Waals surface area contributed by atoms with Crippen molar-refractivity contribution in [2.45, 2.75) is 19.4 Å². The number of benzene rings is 3. The van der Waals surface area contributed by atoms with E-state index in [9.17, 15) is 9.90 Å². The molecule has 4 nitrogen and oxygen atoms in total. The van der Waals surface area contributed by atoms with Crippen molar-refractivity contribution in [1.29, 1.82) is 0 Å². The molecule has 128 valence electrons. The summed E-state index contributed by atoms with van der Waals surface area (Å²) in [5.74, 6) is 0.402. The molecule has 0 saturated heterocycles. The zero-order chi connectivity index (χ0) is 18.1. The van der Waals surface area contributed by atoms with Gasteiger partial charge in [0.15, 0.2) is 0 Å². The Kier molecular flexibility index (Phi) is 2.82. The molecule has 0 fully saturated rings. The highest BCUT2D eigenvalue weighted by Crippen LogP contribution is 2.41. The number of aromatic hydroxyl groups is 1. The van der Waals surface area contributed by atoms with Gasteiger partial charge in [-0.3, -0.25) is 4.79 Å². The van der Waals surface area contributed by atoms with Crippen LogP contribution in [0.5, 0.6) is 11.5 Å². The summed E-state index contributed by atoms with van der Waals surface area (Å²) in [4.78, 5) is 13.1. The quantitative estimate of drug-likeness (QED) is 0.457. The van der Waals surface area contributed by atoms with Crippen LogP contribution in [-0.2, 0) is 0 Å². The summed E-state index contributed by atoms with van der Waals surface area (Å²) in [6, 6.07) is 13.1. The van der Waals surface area contributed by atoms with E-state index in [0.29, 0.717) is 27.9 Å². The zero-order valence-corrected chi connectivity index (χ0v) is 14.4. The SMILES string of the molecule is CC1(C)C=Cc2c(cc3oc4cc5ccccc5cc4c(=O)c3c2O)O1. The van der Waals surface area contributed by atoms with E-state index < -0.39 is 5.60 Å². The zero-order valence-electron chi connectivity index (χ0n) is 14.4. The van der Waals surface area contributed by atoms with E-state index in [1.54, 1.807) is 12.1 Å². The Bertz CT molecular complexity index is 1310. The van der Waals surface area contributed by atoms with Crippen LogP contribution >= 0.6 is 0 Å². The van der Waals surface area contributed by atoms with Gasteiger partial charge < -0.3 is 14.3 Å². The van der Waals surface area contributed by atoms with E-state index in [1.165, 1.54) is 0 Å². The van der Waals surface area contributed by atoms with Crippen molar-refractivity contribution in [2.75, 3.05) is 0 Å². The molecule has 2 heterocycles. The highest BCUT2D eigenvalue weighted by Gasteiger charge is 2.26. The van der Waals surface area contributed by atoms with Crippen molar-refractivity contribution in [3.8, 4) is 11.5 Å². The molecule has 0 spiro atoms. The summed E-state index contributed by atoms with van der Waals surface area (Å²) in [6.45, 7) is 3.85. The van der Waals surface area contributed by atoms with Crippen LogP contribution in [0.2, 0.25) is 0 Å². The maximum absolute atomic E-state index is 13.1. The van der Waals surface area contributed by atoms with Gasteiger partial charge in [-0.05, 0) is 48.9 Å². The molecule has 1 aliphatic rings. The van der Waals surface area contributed by atoms with Crippen molar-refractivity contribution in [2.24, 2.45) is 0 Å². The van der Waals surface area contributed by atoms with E-state index in [0.717, 1.165) is 10.8 Å². The van der Waals surface area contributed by atoms with E-state index in [4.69, 9.17) is 9.15 Å². The van der Waals surface area contributed by atoms with Gasteiger partial charge in [-0.2, -0.15) is 0 Å². The molecule has 0 atom stereocenters. The molecule has 0 saturated carbocycles. The third kappa shape index (κ3) is 2.05. The molecule has 0 amide bonds. The fourth-order valence-electron chi connectivity index (χ4n) is 3.52. The summed E-state index contributed by atoms with van der Waals surface area (Å²) in [6.07, 6.45) is 3.65. The Labute approximate surface area is 148 Å². The predicted molar refractivity (Wildman–Crippen MR) is 103 cm³/mol. The van der Waals surface area contributed by atoms with Gasteiger partial charge in [0, 0.05) is 6.07 Å². The number of hydrogen-bond acceptors (Lipinski definition) is 4. The van der Waals surface area contributed by atoms with E-state index >= 15 is 0 Å². The molecular weight excluding hydrogens is 328 g/mol. The minimum absolute atomic E-state index is 0.104. The van der Waals surface area contributed by atoms with Gasteiger partial charge in [0.2, 0.25) is 5.43 Å². The van der Waals surface area contributed by atoms with Crippen LogP contribution in [0.4, 0.5) is 0 Å². The summed E-state index contributed by atoms with van der Waals surface area (Å²) < 4.78 is 11.9. The first-order valence-electron chi connectivity index (χ1n) is 8.46. The number of hydrogen-bond donors (Lipinski definition) is 1. The van der Waals surface area contributed by atoms with E-state index in [-0.39, 0.29) is 16.6 Å². The molecule has 0 unspecified atom stereocenters. The van der Waals surface area contributed by atoms with Crippen molar-refractivity contribution >= 4 is 38.8 Å². The smallest absolute Gasteiger partial charge is 0.204 e. The molecule has 1 aromatic heterocycles. The fraction of sp³-hybridized carbons (Fsp3) is 0.136. The molecule has 1 N–H and O–H groups in total. The number of ether oxygens (including phenoxy) is 1. The van der Waals surface area contributed by atoms with Crippen molar-refractivity contribution < 1.29 is 14.3 Å². The standard InChI is InChI=1S/C22H16O4/c1-22(2)8-7-14-17(26-22)11-18-19(20(14)23)21(24)15-9-12-5-3-4-6-13(12)10-16(15)25-18/h3-11,23H,1-2H3. The lowest BCUT2D eigenvalue weighted by Gasteiger charge is -2.28. The Morgan fingerprint density at radius 3 is 2.50 bits per heavy atom. The highest BCUT2D eigenvalue weighted by atomic mass is 16.5. The van der Waals surface area contributed by atoms with Gasteiger partial charge in [-0.1, -0.05) is 24.3 Å². The van der Waals surface area contributed by atoms with Crippen molar-refractivity contribution in [1.82, 2.24) is 0 Å². The third-order valence-corrected chi connectivity index (χ3v) is 4.83. The molecule has 0 radical (unpaired) electrons. The monoisotopic (exact) mass is 344 g/mol. The summed E-state index contributed by atoms with van der Waals surface area (Å²) in [5, 5.41) is 13.3. The van der Waals surface area contributed by atoms with Crippen LogP contribution in [0, 0.1) is 0 Å². The lowest BCUT2D eigenvalue weighted by atomic mass is 9.99. The van der Waals surface area contributed by atoms with Gasteiger partial charge in [-0.15, -0.1) is 0 Å². The van der Waals surface area contributed by atoms with E-state index in [1.807, 2.05) is 56.3 Å². The van der Waals surface area contributed by atoms with Crippen LogP contribution in [0.1, 0.15) is 19.4 Å². The van der Waals surface area contributed by atoms with Crippen molar-refractivity contribution in [3.05, 3.63) is 64.3 Å². The molecule has 0 aliphatic carbocycles. The molecule has 5 rings (SSSR count). The second kappa shape index (κ2) is 4.88. The van der Waals surface area contributed by atoms with Gasteiger partial charge in [0.05, 0.1) is 10.9 Å². The predicted octanol–water partition coefficient (Wildman–Crippen LogP) is 4.99. The number of phenolic OH excluding ortho intramolecular Hbond substituents is 1. The molecule has 1 aliphatic heterocycles. The van der Waals surface area contributed by atoms with Gasteiger partial charge in [0.25, 0.3) is 0 Å². The molecule has 0 bridgehead atoms. The van der Waals surface area contributed by atoms with Crippen molar-refractivity contribution in [3.63, 3.8) is 0 Å². The first-order chi connectivity index (χ1) is 12.4. The maximum Gasteiger partial charge on any atom is 0.204 e. The lowest BCUT2D eigenvalue weighted by molar-refractivity contribution is 0.158. The van der Waals surface area contributed by atoms with Gasteiger partial charge >= 0.3 is 0 Å². The summed E-state index contributed by atoms with van der Waals surface area (Å²) >= 11 is 0. The third-order valence-electron chi connectivity index (χ3n) is 4.83. The van der Waals surface area contributed by atoms with Gasteiger partial charge in [0.1, 0.15) is 33.7 Å². The van der Waals surface area contributed by atoms with Crippen LogP contribution in [0.3, 0.4) is 0 Å². The molecule has 26 heavy (non-hydrogen) atoms. The van der Waals surface area contributed by atoms with Crippen LogP contribution in [0.15, 0.2) is 57.8 Å². The minimum Gasteiger partial charge on any atom is -0.506 e. The highest BCUT2D eigenvalue weighted by molar-refractivity contribution is 6.01. The second-order valence-corrected chi connectivity index (χ2v) is 7.18. The van der Waals surface area contributed by atoms with Crippen LogP contribution in [-0.4, -0.2) is 10.7 Å². The molecule has 4 aromatic rings. The largest absolute Gasteiger partial charge is 0.506 e. The normalized spacial score (nSPS) is 15.3. The number of rotatable bonds is 0. The Balaban J connectivity index is 1.92. The first kappa shape index (κ1) is 15.0. The Hall–Kier alpha value is -3.27. The fourth-order valence-corrected chi connectivity index (χ4v) is 3.52. The molecule has 4 heteroatoms. The Morgan fingerprint density at radius 2 is 1.73 bits per heavy atom. The average molecular weight is 344 g/mol. The van der Waals surface area contributed by atoms with Crippen LogP contribution in [0.25, 0.3) is 38.8 Å². The number of phenols is 1. The van der Waals surface area contributed by atoms with E-state index in [2.05, 4.69) is 0 Å². The lowest BCUT2D eigenvalue weighted by Crippen LogP contribution is -2.27. The average Bonchev–Trinajstić information content (AvgIpc) is 2.59. The minimum atomic E-state index is -0.486. The summed E-state index contributed by atoms with van der Waals surface area (Å²) in [5.41, 5.74) is 0.585. The molecular formula is C22H16O4. The second-order valence-electron chi connectivity index (χ2n) is 7.18. The molecule has 3 aromatic carbocycles. The first-order valence-corrected chi connectivity index (χ1v) is 8.46. The van der Waals surface area contributed by atoms with Gasteiger partial charge in [-0.25, -0.2) is 0 Å². The summed E-state index contributed by atoms with van der Waals surface area (Å²) in [7, 11) is 0. The number of fused-ring (bicyclic) bond motifs is 4. The Morgan fingerprint density at radius 1 is 1.00 bits per heavy atom. The van der Waals surface area contributed by atoms with Crippen LogP contribution < -0.4 is 10.2 Å². The maximum atomic E-state index is 13.1.